The van der Waals surface area contributed by atoms with Crippen LogP contribution in [0.2, 0.25) is 0 Å². The molecular formula is C25H30N4O3. The molecule has 1 N–H and O–H groups in total. The fourth-order valence-electron chi connectivity index (χ4n) is 3.87. The molecule has 0 spiro atoms. The van der Waals surface area contributed by atoms with Crippen LogP contribution in [0.4, 0.5) is 5.69 Å². The molecule has 1 atom stereocenters. The topological polar surface area (TPSA) is 90.1 Å². The van der Waals surface area contributed by atoms with Crippen LogP contribution in [-0.4, -0.2) is 20.6 Å². The van der Waals surface area contributed by atoms with Crippen LogP contribution in [0.5, 0.6) is 0 Å². The van der Waals surface area contributed by atoms with Gasteiger partial charge in [0, 0.05) is 5.56 Å². The molecule has 0 bridgehead atoms. The molecule has 1 heterocycles. The highest BCUT2D eigenvalue weighted by atomic mass is 16.6. The predicted octanol–water partition coefficient (Wildman–Crippen LogP) is 5.46. The van der Waals surface area contributed by atoms with Crippen LogP contribution >= 0.6 is 0 Å². The first-order valence-electron chi connectivity index (χ1n) is 10.9. The number of hydrogen-bond acceptors (Lipinski definition) is 4. The van der Waals surface area contributed by atoms with E-state index in [1.165, 1.54) is 5.56 Å². The molecule has 0 aliphatic carbocycles. The van der Waals surface area contributed by atoms with Gasteiger partial charge in [-0.15, -0.1) is 0 Å². The second kappa shape index (κ2) is 9.77. The second-order valence-electron chi connectivity index (χ2n) is 8.39. The Morgan fingerprint density at radius 2 is 1.78 bits per heavy atom. The Hall–Kier alpha value is -3.48. The molecule has 3 rings (SSSR count). The van der Waals surface area contributed by atoms with E-state index in [0.29, 0.717) is 29.4 Å². The van der Waals surface area contributed by atoms with Crippen molar-refractivity contribution < 1.29 is 9.72 Å². The molecule has 7 heteroatoms. The lowest BCUT2D eigenvalue weighted by Gasteiger charge is -2.19. The van der Waals surface area contributed by atoms with E-state index in [9.17, 15) is 14.9 Å². The van der Waals surface area contributed by atoms with E-state index in [4.69, 9.17) is 0 Å². The quantitative estimate of drug-likeness (QED) is 0.376. The molecule has 7 nitrogen and oxygen atoms in total. The van der Waals surface area contributed by atoms with Gasteiger partial charge in [0.1, 0.15) is 11.4 Å². The van der Waals surface area contributed by atoms with Gasteiger partial charge in [0.15, 0.2) is 0 Å². The molecule has 32 heavy (non-hydrogen) atoms. The third-order valence-corrected chi connectivity index (χ3v) is 5.77. The standard InChI is InChI=1S/C25H30N4O3/c1-6-23(21-12-10-20(11-13-21)16(2)3)26-25(30)22-9-7-8-19(14-22)15-28-18(5)24(29(31)32)17(4)27-28/h7-14,16,23H,6,15H2,1-5H3,(H,26,30)/t23-/m1/s1. The minimum absolute atomic E-state index is 0.0353. The van der Waals surface area contributed by atoms with Gasteiger partial charge in [-0.2, -0.15) is 5.10 Å². The Labute approximate surface area is 188 Å². The first-order chi connectivity index (χ1) is 15.2. The number of hydrogen-bond donors (Lipinski definition) is 1. The van der Waals surface area contributed by atoms with Crippen LogP contribution in [0.15, 0.2) is 48.5 Å². The van der Waals surface area contributed by atoms with Crippen LogP contribution in [-0.2, 0) is 6.54 Å². The number of nitro groups is 1. The summed E-state index contributed by atoms with van der Waals surface area (Å²) in [5.74, 6) is 0.316. The number of nitrogens with zero attached hydrogens (tertiary/aromatic N) is 3. The van der Waals surface area contributed by atoms with Crippen molar-refractivity contribution in [3.63, 3.8) is 0 Å². The Bertz CT molecular complexity index is 1120. The van der Waals surface area contributed by atoms with E-state index < -0.39 is 4.92 Å². The summed E-state index contributed by atoms with van der Waals surface area (Å²) in [5, 5.41) is 18.7. The third kappa shape index (κ3) is 5.04. The van der Waals surface area contributed by atoms with Gasteiger partial charge in [-0.05, 0) is 55.0 Å². The third-order valence-electron chi connectivity index (χ3n) is 5.77. The molecule has 0 fully saturated rings. The summed E-state index contributed by atoms with van der Waals surface area (Å²) < 4.78 is 1.61. The SMILES string of the molecule is CC[C@@H](NC(=O)c1cccc(Cn2nc(C)c([N+](=O)[O-])c2C)c1)c1ccc(C(C)C)cc1. The maximum absolute atomic E-state index is 13.0. The van der Waals surface area contributed by atoms with Crippen molar-refractivity contribution in [3.8, 4) is 0 Å². The van der Waals surface area contributed by atoms with Crippen molar-refractivity contribution in [2.24, 2.45) is 0 Å². The number of carbonyl (C=O) groups is 1. The lowest BCUT2D eigenvalue weighted by Crippen LogP contribution is -2.28. The van der Waals surface area contributed by atoms with E-state index in [1.807, 2.05) is 25.1 Å². The molecule has 0 saturated heterocycles. The maximum Gasteiger partial charge on any atom is 0.312 e. The van der Waals surface area contributed by atoms with Gasteiger partial charge in [0.05, 0.1) is 17.5 Å². The molecule has 0 unspecified atom stereocenters. The predicted molar refractivity (Wildman–Crippen MR) is 125 cm³/mol. The van der Waals surface area contributed by atoms with E-state index in [2.05, 4.69) is 48.5 Å². The largest absolute Gasteiger partial charge is 0.345 e. The minimum atomic E-state index is -0.406. The van der Waals surface area contributed by atoms with Gasteiger partial charge in [0.2, 0.25) is 0 Å². The lowest BCUT2D eigenvalue weighted by molar-refractivity contribution is -0.386. The summed E-state index contributed by atoms with van der Waals surface area (Å²) in [5.41, 5.74) is 4.67. The molecule has 0 aliphatic heterocycles. The Balaban J connectivity index is 1.76. The number of aryl methyl sites for hydroxylation is 1. The molecule has 168 valence electrons. The Morgan fingerprint density at radius 1 is 1.12 bits per heavy atom. The molecule has 0 radical (unpaired) electrons. The number of amides is 1. The van der Waals surface area contributed by atoms with Gasteiger partial charge in [0.25, 0.3) is 5.91 Å². The zero-order valence-electron chi connectivity index (χ0n) is 19.3. The van der Waals surface area contributed by atoms with Crippen LogP contribution < -0.4 is 5.32 Å². The minimum Gasteiger partial charge on any atom is -0.345 e. The molecular weight excluding hydrogens is 404 g/mol. The Kier molecular flexibility index (Phi) is 7.08. The van der Waals surface area contributed by atoms with Gasteiger partial charge >= 0.3 is 5.69 Å². The van der Waals surface area contributed by atoms with Crippen molar-refractivity contribution in [1.82, 2.24) is 15.1 Å². The van der Waals surface area contributed by atoms with Gasteiger partial charge in [-0.3, -0.25) is 19.6 Å². The fraction of sp³-hybridized carbons (Fsp3) is 0.360. The average Bonchev–Trinajstić information content (AvgIpc) is 3.04. The van der Waals surface area contributed by atoms with E-state index >= 15 is 0 Å². The zero-order chi connectivity index (χ0) is 23.4. The highest BCUT2D eigenvalue weighted by molar-refractivity contribution is 5.94. The van der Waals surface area contributed by atoms with Gasteiger partial charge < -0.3 is 5.32 Å². The summed E-state index contributed by atoms with van der Waals surface area (Å²) >= 11 is 0. The molecule has 3 aromatic rings. The zero-order valence-corrected chi connectivity index (χ0v) is 19.3. The number of rotatable bonds is 8. The van der Waals surface area contributed by atoms with Crippen molar-refractivity contribution >= 4 is 11.6 Å². The van der Waals surface area contributed by atoms with E-state index in [1.54, 1.807) is 24.6 Å². The highest BCUT2D eigenvalue weighted by Crippen LogP contribution is 2.24. The number of nitrogens with one attached hydrogen (secondary N) is 1. The maximum atomic E-state index is 13.0. The van der Waals surface area contributed by atoms with Crippen molar-refractivity contribution in [3.05, 3.63) is 92.3 Å². The molecule has 2 aromatic carbocycles. The van der Waals surface area contributed by atoms with E-state index in [0.717, 1.165) is 17.5 Å². The summed E-state index contributed by atoms with van der Waals surface area (Å²) in [6.07, 6.45) is 0.780. The average molecular weight is 435 g/mol. The first kappa shape index (κ1) is 23.2. The van der Waals surface area contributed by atoms with Crippen LogP contribution in [0.3, 0.4) is 0 Å². The first-order valence-corrected chi connectivity index (χ1v) is 10.9. The lowest BCUT2D eigenvalue weighted by atomic mass is 9.98. The summed E-state index contributed by atoms with van der Waals surface area (Å²) in [6, 6.07) is 15.6. The van der Waals surface area contributed by atoms with Crippen LogP contribution in [0, 0.1) is 24.0 Å². The summed E-state index contributed by atoms with van der Waals surface area (Å²) in [7, 11) is 0. The number of carbonyl (C=O) groups excluding carboxylic acids is 1. The second-order valence-corrected chi connectivity index (χ2v) is 8.39. The number of benzene rings is 2. The summed E-state index contributed by atoms with van der Waals surface area (Å²) in [6.45, 7) is 10.0. The van der Waals surface area contributed by atoms with Gasteiger partial charge in [-0.1, -0.05) is 57.2 Å². The monoisotopic (exact) mass is 434 g/mol. The molecule has 0 saturated carbocycles. The van der Waals surface area contributed by atoms with Crippen molar-refractivity contribution in [1.29, 1.82) is 0 Å². The fourth-order valence-corrected chi connectivity index (χ4v) is 3.87. The Morgan fingerprint density at radius 3 is 2.34 bits per heavy atom. The summed E-state index contributed by atoms with van der Waals surface area (Å²) in [4.78, 5) is 23.8. The normalized spacial score (nSPS) is 12.1. The molecule has 1 amide bonds. The molecule has 0 aliphatic rings. The van der Waals surface area contributed by atoms with Crippen LogP contribution in [0.25, 0.3) is 0 Å². The van der Waals surface area contributed by atoms with Crippen molar-refractivity contribution in [2.45, 2.75) is 59.5 Å². The van der Waals surface area contributed by atoms with Gasteiger partial charge in [-0.25, -0.2) is 0 Å². The molecule has 1 aromatic heterocycles. The number of aromatic nitrogens is 2. The smallest absolute Gasteiger partial charge is 0.312 e. The highest BCUT2D eigenvalue weighted by Gasteiger charge is 2.22. The van der Waals surface area contributed by atoms with Crippen LogP contribution in [0.1, 0.15) is 77.6 Å². The van der Waals surface area contributed by atoms with Crippen molar-refractivity contribution in [2.75, 3.05) is 0 Å². The van der Waals surface area contributed by atoms with E-state index in [-0.39, 0.29) is 17.6 Å².